The Bertz CT molecular complexity index is 264. The molecule has 116 valence electrons. The Morgan fingerprint density at radius 1 is 0.895 bits per heavy atom. The first-order valence-electron chi connectivity index (χ1n) is 7.32. The van der Waals surface area contributed by atoms with Crippen LogP contribution in [0.4, 0.5) is 0 Å². The molecule has 0 rings (SSSR count). The second kappa shape index (κ2) is 6.55. The number of nitrogens with two attached hydrogens (primary N) is 1. The van der Waals surface area contributed by atoms with Gasteiger partial charge in [0, 0.05) is 11.5 Å². The summed E-state index contributed by atoms with van der Waals surface area (Å²) in [5.74, 6) is 0.360. The second-order valence-electron chi connectivity index (χ2n) is 7.94. The standard InChI is InChI=1S/C16H35NO2/c1-12(13(2)17)10-18-16(8,9)15(6,7)11-19-14(3,4)5/h12-13H,10-11,17H2,1-9H3. The zero-order valence-corrected chi connectivity index (χ0v) is 14.5. The van der Waals surface area contributed by atoms with Gasteiger partial charge >= 0.3 is 0 Å². The fourth-order valence-electron chi connectivity index (χ4n) is 1.26. The highest BCUT2D eigenvalue weighted by Gasteiger charge is 2.39. The second-order valence-corrected chi connectivity index (χ2v) is 7.94. The summed E-state index contributed by atoms with van der Waals surface area (Å²) in [6.07, 6.45) is 0. The van der Waals surface area contributed by atoms with Gasteiger partial charge in [-0.25, -0.2) is 0 Å². The van der Waals surface area contributed by atoms with Crippen molar-refractivity contribution >= 4 is 0 Å². The Hall–Kier alpha value is -0.120. The molecule has 0 aromatic carbocycles. The summed E-state index contributed by atoms with van der Waals surface area (Å²) < 4.78 is 12.1. The quantitative estimate of drug-likeness (QED) is 0.770. The molecule has 0 saturated heterocycles. The predicted molar refractivity (Wildman–Crippen MR) is 82.3 cm³/mol. The van der Waals surface area contributed by atoms with Crippen molar-refractivity contribution in [2.45, 2.75) is 79.6 Å². The van der Waals surface area contributed by atoms with Gasteiger partial charge in [-0.1, -0.05) is 20.8 Å². The third-order valence-electron chi connectivity index (χ3n) is 4.10. The molecule has 3 nitrogen and oxygen atoms in total. The van der Waals surface area contributed by atoms with E-state index in [4.69, 9.17) is 15.2 Å². The van der Waals surface area contributed by atoms with E-state index in [-0.39, 0.29) is 22.7 Å². The maximum Gasteiger partial charge on any atom is 0.0699 e. The van der Waals surface area contributed by atoms with E-state index in [1.165, 1.54) is 0 Å². The first-order chi connectivity index (χ1) is 8.28. The molecule has 2 atom stereocenters. The maximum absolute atomic E-state index is 6.12. The van der Waals surface area contributed by atoms with E-state index in [1.807, 2.05) is 6.92 Å². The zero-order valence-electron chi connectivity index (χ0n) is 14.5. The van der Waals surface area contributed by atoms with Crippen LogP contribution in [0.25, 0.3) is 0 Å². The van der Waals surface area contributed by atoms with Crippen molar-refractivity contribution in [3.8, 4) is 0 Å². The molecule has 0 amide bonds. The van der Waals surface area contributed by atoms with Crippen molar-refractivity contribution in [1.82, 2.24) is 0 Å². The molecule has 0 aromatic heterocycles. The normalized spacial score (nSPS) is 17.4. The summed E-state index contributed by atoms with van der Waals surface area (Å²) in [5, 5.41) is 0. The SMILES string of the molecule is CC(N)C(C)COC(C)(C)C(C)(C)COC(C)(C)C. The highest BCUT2D eigenvalue weighted by Crippen LogP contribution is 2.35. The number of hydrogen-bond donors (Lipinski definition) is 1. The average molecular weight is 273 g/mol. The monoisotopic (exact) mass is 273 g/mol. The molecule has 3 heteroatoms. The van der Waals surface area contributed by atoms with Gasteiger partial charge in [-0.05, 0) is 47.5 Å². The smallest absolute Gasteiger partial charge is 0.0699 e. The van der Waals surface area contributed by atoms with Gasteiger partial charge < -0.3 is 15.2 Å². The minimum Gasteiger partial charge on any atom is -0.375 e. The van der Waals surface area contributed by atoms with Gasteiger partial charge in [-0.2, -0.15) is 0 Å². The third-order valence-corrected chi connectivity index (χ3v) is 4.10. The van der Waals surface area contributed by atoms with Crippen LogP contribution >= 0.6 is 0 Å². The molecule has 0 spiro atoms. The fourth-order valence-corrected chi connectivity index (χ4v) is 1.26. The fraction of sp³-hybridized carbons (Fsp3) is 1.00. The van der Waals surface area contributed by atoms with Gasteiger partial charge in [0.05, 0.1) is 24.4 Å². The largest absolute Gasteiger partial charge is 0.375 e. The van der Waals surface area contributed by atoms with Crippen molar-refractivity contribution in [3.63, 3.8) is 0 Å². The van der Waals surface area contributed by atoms with Crippen molar-refractivity contribution in [3.05, 3.63) is 0 Å². The Balaban J connectivity index is 4.51. The maximum atomic E-state index is 6.12. The van der Waals surface area contributed by atoms with Gasteiger partial charge in [0.15, 0.2) is 0 Å². The first kappa shape index (κ1) is 18.9. The highest BCUT2D eigenvalue weighted by atomic mass is 16.5. The van der Waals surface area contributed by atoms with Gasteiger partial charge in [0.25, 0.3) is 0 Å². The van der Waals surface area contributed by atoms with Crippen LogP contribution in [0, 0.1) is 11.3 Å². The highest BCUT2D eigenvalue weighted by molar-refractivity contribution is 4.88. The molecule has 19 heavy (non-hydrogen) atoms. The van der Waals surface area contributed by atoms with Crippen LogP contribution in [0.2, 0.25) is 0 Å². The molecule has 0 bridgehead atoms. The lowest BCUT2D eigenvalue weighted by molar-refractivity contribution is -0.151. The molecule has 2 unspecified atom stereocenters. The number of hydrogen-bond acceptors (Lipinski definition) is 3. The molecule has 0 fully saturated rings. The molecule has 0 aliphatic carbocycles. The Kier molecular flexibility index (Phi) is 6.51. The van der Waals surface area contributed by atoms with Gasteiger partial charge in [-0.3, -0.25) is 0 Å². The lowest BCUT2D eigenvalue weighted by atomic mass is 9.77. The minimum atomic E-state index is -0.249. The summed E-state index contributed by atoms with van der Waals surface area (Å²) in [6.45, 7) is 20.4. The molecule has 0 aliphatic rings. The Morgan fingerprint density at radius 2 is 1.37 bits per heavy atom. The molecule has 0 radical (unpaired) electrons. The van der Waals surface area contributed by atoms with Crippen molar-refractivity contribution in [2.75, 3.05) is 13.2 Å². The van der Waals surface area contributed by atoms with E-state index in [1.54, 1.807) is 0 Å². The first-order valence-corrected chi connectivity index (χ1v) is 7.32. The van der Waals surface area contributed by atoms with E-state index < -0.39 is 0 Å². The van der Waals surface area contributed by atoms with Crippen LogP contribution in [0.15, 0.2) is 0 Å². The topological polar surface area (TPSA) is 44.5 Å². The van der Waals surface area contributed by atoms with Crippen LogP contribution < -0.4 is 5.73 Å². The summed E-state index contributed by atoms with van der Waals surface area (Å²) in [7, 11) is 0. The molecular formula is C16H35NO2. The van der Waals surface area contributed by atoms with Gasteiger partial charge in [0.2, 0.25) is 0 Å². The van der Waals surface area contributed by atoms with Crippen molar-refractivity contribution in [1.29, 1.82) is 0 Å². The van der Waals surface area contributed by atoms with E-state index in [0.717, 1.165) is 0 Å². The third kappa shape index (κ3) is 6.73. The molecular weight excluding hydrogens is 238 g/mol. The van der Waals surface area contributed by atoms with Gasteiger partial charge in [0.1, 0.15) is 0 Å². The van der Waals surface area contributed by atoms with E-state index in [0.29, 0.717) is 19.1 Å². The van der Waals surface area contributed by atoms with Crippen LogP contribution in [-0.2, 0) is 9.47 Å². The summed E-state index contributed by atoms with van der Waals surface area (Å²) in [5.41, 5.74) is 5.46. The molecule has 0 heterocycles. The lowest BCUT2D eigenvalue weighted by Crippen LogP contribution is -2.47. The molecule has 0 saturated carbocycles. The van der Waals surface area contributed by atoms with Crippen molar-refractivity contribution < 1.29 is 9.47 Å². The van der Waals surface area contributed by atoms with E-state index in [9.17, 15) is 0 Å². The van der Waals surface area contributed by atoms with Crippen LogP contribution in [0.5, 0.6) is 0 Å². The minimum absolute atomic E-state index is 0.0577. The summed E-state index contributed by atoms with van der Waals surface area (Å²) >= 11 is 0. The van der Waals surface area contributed by atoms with Crippen LogP contribution in [0.1, 0.15) is 62.3 Å². The predicted octanol–water partition coefficient (Wildman–Crippen LogP) is 3.61. The Morgan fingerprint density at radius 3 is 1.74 bits per heavy atom. The van der Waals surface area contributed by atoms with Crippen LogP contribution in [-0.4, -0.2) is 30.5 Å². The van der Waals surface area contributed by atoms with Crippen LogP contribution in [0.3, 0.4) is 0 Å². The molecule has 2 N–H and O–H groups in total. The van der Waals surface area contributed by atoms with Gasteiger partial charge in [-0.15, -0.1) is 0 Å². The number of ether oxygens (including phenoxy) is 2. The average Bonchev–Trinajstić information content (AvgIpc) is 2.22. The summed E-state index contributed by atoms with van der Waals surface area (Å²) in [4.78, 5) is 0. The summed E-state index contributed by atoms with van der Waals surface area (Å²) in [6, 6.07) is 0.157. The van der Waals surface area contributed by atoms with E-state index in [2.05, 4.69) is 55.4 Å². The van der Waals surface area contributed by atoms with Crippen molar-refractivity contribution in [2.24, 2.45) is 17.1 Å². The molecule has 0 aromatic rings. The van der Waals surface area contributed by atoms with E-state index >= 15 is 0 Å². The Labute approximate surface area is 120 Å². The molecule has 0 aliphatic heterocycles. The lowest BCUT2D eigenvalue weighted by Gasteiger charge is -2.43. The number of rotatable bonds is 7. The zero-order chi connectivity index (χ0) is 15.5.